The molecule has 1 atom stereocenters. The molecular formula is C13H23N3O. The molecule has 0 radical (unpaired) electrons. The van der Waals surface area contributed by atoms with Crippen molar-refractivity contribution in [2.24, 2.45) is 5.73 Å². The maximum absolute atomic E-state index is 9.92. The van der Waals surface area contributed by atoms with Crippen molar-refractivity contribution < 1.29 is 5.11 Å². The summed E-state index contributed by atoms with van der Waals surface area (Å²) in [7, 11) is 0. The molecule has 0 aliphatic heterocycles. The van der Waals surface area contributed by atoms with E-state index in [2.05, 4.69) is 16.8 Å². The minimum absolute atomic E-state index is 0.134. The molecule has 0 amide bonds. The van der Waals surface area contributed by atoms with Crippen LogP contribution >= 0.6 is 0 Å². The van der Waals surface area contributed by atoms with Crippen molar-refractivity contribution in [2.45, 2.75) is 32.4 Å². The van der Waals surface area contributed by atoms with Crippen LogP contribution in [0.2, 0.25) is 0 Å². The Bertz CT molecular complexity index is 321. The van der Waals surface area contributed by atoms with E-state index in [1.54, 1.807) is 12.4 Å². The van der Waals surface area contributed by atoms with Gasteiger partial charge in [0.25, 0.3) is 0 Å². The molecule has 17 heavy (non-hydrogen) atoms. The number of likely N-dealkylation sites (N-methyl/N-ethyl adjacent to an activating group) is 1. The Hall–Kier alpha value is -0.970. The first-order valence-electron chi connectivity index (χ1n) is 6.04. The number of hydrogen-bond acceptors (Lipinski definition) is 4. The van der Waals surface area contributed by atoms with Crippen LogP contribution in [-0.4, -0.2) is 40.2 Å². The lowest BCUT2D eigenvalue weighted by molar-refractivity contribution is 0.0235. The summed E-state index contributed by atoms with van der Waals surface area (Å²) < 4.78 is 0. The molecule has 1 heterocycles. The summed E-state index contributed by atoms with van der Waals surface area (Å²) in [5, 5.41) is 9.92. The fourth-order valence-electron chi connectivity index (χ4n) is 2.02. The van der Waals surface area contributed by atoms with Crippen LogP contribution in [0.3, 0.4) is 0 Å². The highest BCUT2D eigenvalue weighted by Crippen LogP contribution is 2.20. The van der Waals surface area contributed by atoms with E-state index in [0.717, 1.165) is 12.1 Å². The summed E-state index contributed by atoms with van der Waals surface area (Å²) in [4.78, 5) is 6.20. The van der Waals surface area contributed by atoms with Crippen LogP contribution in [0.15, 0.2) is 24.5 Å². The minimum Gasteiger partial charge on any atom is -0.389 e. The first kappa shape index (κ1) is 14.1. The molecule has 96 valence electrons. The number of hydrogen-bond donors (Lipinski definition) is 2. The Balaban J connectivity index is 2.84. The van der Waals surface area contributed by atoms with Crippen molar-refractivity contribution >= 4 is 0 Å². The summed E-state index contributed by atoms with van der Waals surface area (Å²) in [5.74, 6) is 0. The van der Waals surface area contributed by atoms with Gasteiger partial charge in [0.1, 0.15) is 0 Å². The van der Waals surface area contributed by atoms with Crippen LogP contribution in [0.25, 0.3) is 0 Å². The van der Waals surface area contributed by atoms with Gasteiger partial charge in [0.15, 0.2) is 0 Å². The van der Waals surface area contributed by atoms with E-state index in [0.29, 0.717) is 13.1 Å². The Kier molecular flexibility index (Phi) is 5.05. The van der Waals surface area contributed by atoms with Crippen LogP contribution in [0, 0.1) is 0 Å². The molecule has 0 saturated carbocycles. The lowest BCUT2D eigenvalue weighted by atomic mass is 10.0. The number of nitrogens with zero attached hydrogens (tertiary/aromatic N) is 2. The molecule has 0 bridgehead atoms. The lowest BCUT2D eigenvalue weighted by Gasteiger charge is -2.34. The molecule has 1 aromatic heterocycles. The standard InChI is InChI=1S/C13H23N3O/c1-4-16(10-13(2,3)17)12(9-14)11-5-7-15-8-6-11/h5-8,12,17H,4,9-10,14H2,1-3H3. The third kappa shape index (κ3) is 4.42. The first-order valence-corrected chi connectivity index (χ1v) is 6.04. The smallest absolute Gasteiger partial charge is 0.0718 e. The Morgan fingerprint density at radius 1 is 1.41 bits per heavy atom. The maximum atomic E-state index is 9.92. The highest BCUT2D eigenvalue weighted by molar-refractivity contribution is 5.15. The molecule has 3 N–H and O–H groups in total. The van der Waals surface area contributed by atoms with Crippen LogP contribution in [0.4, 0.5) is 0 Å². The van der Waals surface area contributed by atoms with Gasteiger partial charge in [0.05, 0.1) is 5.60 Å². The number of rotatable bonds is 6. The summed E-state index contributed by atoms with van der Waals surface area (Å²) in [5.41, 5.74) is 6.29. The fraction of sp³-hybridized carbons (Fsp3) is 0.615. The second-order valence-corrected chi connectivity index (χ2v) is 4.91. The van der Waals surface area contributed by atoms with Crippen molar-refractivity contribution in [1.29, 1.82) is 0 Å². The highest BCUT2D eigenvalue weighted by Gasteiger charge is 2.23. The largest absolute Gasteiger partial charge is 0.389 e. The van der Waals surface area contributed by atoms with Gasteiger partial charge in [-0.1, -0.05) is 6.92 Å². The summed E-state index contributed by atoms with van der Waals surface area (Å²) in [6.45, 7) is 7.71. The van der Waals surface area contributed by atoms with Gasteiger partial charge in [-0.25, -0.2) is 0 Å². The molecule has 0 aliphatic rings. The zero-order valence-corrected chi connectivity index (χ0v) is 10.9. The minimum atomic E-state index is -0.712. The average molecular weight is 237 g/mol. The molecular weight excluding hydrogens is 214 g/mol. The van der Waals surface area contributed by atoms with Gasteiger partial charge in [0.2, 0.25) is 0 Å². The first-order chi connectivity index (χ1) is 7.98. The molecule has 1 aromatic rings. The van der Waals surface area contributed by atoms with Crippen molar-refractivity contribution in [3.63, 3.8) is 0 Å². The van der Waals surface area contributed by atoms with Crippen LogP contribution < -0.4 is 5.73 Å². The van der Waals surface area contributed by atoms with Gasteiger partial charge in [-0.3, -0.25) is 9.88 Å². The van der Waals surface area contributed by atoms with Gasteiger partial charge in [0, 0.05) is 31.5 Å². The summed E-state index contributed by atoms with van der Waals surface area (Å²) >= 11 is 0. The van der Waals surface area contributed by atoms with Crippen molar-refractivity contribution in [3.05, 3.63) is 30.1 Å². The van der Waals surface area contributed by atoms with Gasteiger partial charge in [-0.05, 0) is 38.1 Å². The Morgan fingerprint density at radius 3 is 2.41 bits per heavy atom. The quantitative estimate of drug-likeness (QED) is 0.780. The monoisotopic (exact) mass is 237 g/mol. The van der Waals surface area contributed by atoms with Crippen LogP contribution in [-0.2, 0) is 0 Å². The van der Waals surface area contributed by atoms with Crippen molar-refractivity contribution in [1.82, 2.24) is 9.88 Å². The zero-order valence-electron chi connectivity index (χ0n) is 10.9. The molecule has 0 aliphatic carbocycles. The normalized spacial score (nSPS) is 14.0. The van der Waals surface area contributed by atoms with Crippen molar-refractivity contribution in [3.8, 4) is 0 Å². The second kappa shape index (κ2) is 6.10. The summed E-state index contributed by atoms with van der Waals surface area (Å²) in [6.07, 6.45) is 3.55. The van der Waals surface area contributed by atoms with E-state index >= 15 is 0 Å². The molecule has 0 fully saturated rings. The number of aromatic nitrogens is 1. The van der Waals surface area contributed by atoms with E-state index in [1.807, 2.05) is 26.0 Å². The molecule has 0 spiro atoms. The predicted molar refractivity (Wildman–Crippen MR) is 69.6 cm³/mol. The Morgan fingerprint density at radius 2 is 2.00 bits per heavy atom. The molecule has 4 heteroatoms. The summed E-state index contributed by atoms with van der Waals surface area (Å²) in [6, 6.07) is 4.09. The second-order valence-electron chi connectivity index (χ2n) is 4.91. The van der Waals surface area contributed by atoms with Crippen molar-refractivity contribution in [2.75, 3.05) is 19.6 Å². The van der Waals surface area contributed by atoms with Gasteiger partial charge in [-0.2, -0.15) is 0 Å². The number of nitrogens with two attached hydrogens (primary N) is 1. The Labute approximate surface area is 103 Å². The third-order valence-electron chi connectivity index (χ3n) is 2.75. The molecule has 0 aromatic carbocycles. The van der Waals surface area contributed by atoms with E-state index in [1.165, 1.54) is 0 Å². The maximum Gasteiger partial charge on any atom is 0.0718 e. The predicted octanol–water partition coefficient (Wildman–Crippen LogP) is 1.17. The van der Waals surface area contributed by atoms with E-state index < -0.39 is 5.60 Å². The number of aliphatic hydroxyl groups is 1. The zero-order chi connectivity index (χ0) is 12.9. The third-order valence-corrected chi connectivity index (χ3v) is 2.75. The molecule has 1 unspecified atom stereocenters. The molecule has 4 nitrogen and oxygen atoms in total. The topological polar surface area (TPSA) is 62.4 Å². The highest BCUT2D eigenvalue weighted by atomic mass is 16.3. The average Bonchev–Trinajstić information content (AvgIpc) is 2.28. The molecule has 1 rings (SSSR count). The van der Waals surface area contributed by atoms with Gasteiger partial charge >= 0.3 is 0 Å². The van der Waals surface area contributed by atoms with E-state index in [9.17, 15) is 5.11 Å². The van der Waals surface area contributed by atoms with Gasteiger partial charge in [-0.15, -0.1) is 0 Å². The number of pyridine rings is 1. The van der Waals surface area contributed by atoms with E-state index in [4.69, 9.17) is 5.73 Å². The van der Waals surface area contributed by atoms with E-state index in [-0.39, 0.29) is 6.04 Å². The lowest BCUT2D eigenvalue weighted by Crippen LogP contribution is -2.42. The van der Waals surface area contributed by atoms with Crippen LogP contribution in [0.1, 0.15) is 32.4 Å². The van der Waals surface area contributed by atoms with Gasteiger partial charge < -0.3 is 10.8 Å². The molecule has 0 saturated heterocycles. The van der Waals surface area contributed by atoms with Crippen LogP contribution in [0.5, 0.6) is 0 Å². The SMILES string of the molecule is CCN(CC(C)(C)O)C(CN)c1ccncc1. The fourth-order valence-corrected chi connectivity index (χ4v) is 2.02.